The summed E-state index contributed by atoms with van der Waals surface area (Å²) in [6.07, 6.45) is 5.20. The molecule has 0 radical (unpaired) electrons. The maximum Gasteiger partial charge on any atom is 0.144 e. The molecule has 1 aromatic heterocycles. The van der Waals surface area contributed by atoms with Gasteiger partial charge in [0.2, 0.25) is 0 Å². The van der Waals surface area contributed by atoms with E-state index in [0.717, 1.165) is 38.4 Å². The fourth-order valence-corrected chi connectivity index (χ4v) is 1.07. The van der Waals surface area contributed by atoms with Crippen LogP contribution in [0.4, 0.5) is 11.6 Å². The summed E-state index contributed by atoms with van der Waals surface area (Å²) in [6, 6.07) is 0. The molecule has 1 aromatic rings. The Bertz CT molecular complexity index is 263. The summed E-state index contributed by atoms with van der Waals surface area (Å²) < 4.78 is 5.34. The first-order valence-electron chi connectivity index (χ1n) is 5.22. The van der Waals surface area contributed by atoms with Crippen LogP contribution in [0.1, 0.15) is 19.8 Å². The zero-order chi connectivity index (χ0) is 10.9. The Morgan fingerprint density at radius 3 is 2.87 bits per heavy atom. The van der Waals surface area contributed by atoms with Gasteiger partial charge in [0.25, 0.3) is 0 Å². The van der Waals surface area contributed by atoms with E-state index in [-0.39, 0.29) is 0 Å². The molecule has 1 heterocycles. The van der Waals surface area contributed by atoms with Gasteiger partial charge in [-0.15, -0.1) is 0 Å². The maximum atomic E-state index is 5.41. The second-order valence-corrected chi connectivity index (χ2v) is 3.22. The Kier molecular flexibility index (Phi) is 5.47. The van der Waals surface area contributed by atoms with Crippen LogP contribution in [-0.2, 0) is 4.74 Å². The van der Waals surface area contributed by atoms with Gasteiger partial charge in [0.1, 0.15) is 11.6 Å². The molecule has 0 aliphatic carbocycles. The molecule has 0 fully saturated rings. The van der Waals surface area contributed by atoms with E-state index < -0.39 is 0 Å². The topological polar surface area (TPSA) is 73.1 Å². The van der Waals surface area contributed by atoms with E-state index in [4.69, 9.17) is 10.5 Å². The van der Waals surface area contributed by atoms with Crippen molar-refractivity contribution in [3.63, 3.8) is 0 Å². The molecule has 0 spiro atoms. The molecule has 0 aliphatic rings. The molecular formula is C10H18N4O. The van der Waals surface area contributed by atoms with Crippen LogP contribution in [0, 0.1) is 0 Å². The number of anilines is 2. The van der Waals surface area contributed by atoms with Crippen molar-refractivity contribution in [2.75, 3.05) is 30.8 Å². The molecule has 3 N–H and O–H groups in total. The van der Waals surface area contributed by atoms with Crippen LogP contribution in [0.3, 0.4) is 0 Å². The summed E-state index contributed by atoms with van der Waals surface area (Å²) in [5, 5.41) is 3.14. The highest BCUT2D eigenvalue weighted by molar-refractivity contribution is 5.35. The van der Waals surface area contributed by atoms with Gasteiger partial charge in [-0.3, -0.25) is 0 Å². The van der Waals surface area contributed by atoms with Crippen LogP contribution in [-0.4, -0.2) is 29.7 Å². The fraction of sp³-hybridized carbons (Fsp3) is 0.600. The monoisotopic (exact) mass is 210 g/mol. The number of nitrogens with one attached hydrogen (secondary N) is 1. The second kappa shape index (κ2) is 7.00. The lowest BCUT2D eigenvalue weighted by atomic mass is 10.4. The third-order valence-electron chi connectivity index (χ3n) is 1.79. The van der Waals surface area contributed by atoms with Gasteiger partial charge in [-0.05, 0) is 12.8 Å². The molecule has 0 aromatic carbocycles. The van der Waals surface area contributed by atoms with Gasteiger partial charge in [0, 0.05) is 19.8 Å². The van der Waals surface area contributed by atoms with Gasteiger partial charge < -0.3 is 15.8 Å². The second-order valence-electron chi connectivity index (χ2n) is 3.22. The van der Waals surface area contributed by atoms with Gasteiger partial charge in [-0.25, -0.2) is 9.97 Å². The predicted molar refractivity (Wildman–Crippen MR) is 60.7 cm³/mol. The van der Waals surface area contributed by atoms with Gasteiger partial charge in [-0.2, -0.15) is 0 Å². The summed E-state index contributed by atoms with van der Waals surface area (Å²) in [4.78, 5) is 8.00. The first kappa shape index (κ1) is 11.7. The number of rotatable bonds is 7. The molecule has 15 heavy (non-hydrogen) atoms. The molecule has 0 unspecified atom stereocenters. The minimum absolute atomic E-state index is 0.437. The number of hydrogen-bond acceptors (Lipinski definition) is 5. The van der Waals surface area contributed by atoms with Crippen molar-refractivity contribution in [3.8, 4) is 0 Å². The van der Waals surface area contributed by atoms with Crippen molar-refractivity contribution < 1.29 is 4.74 Å². The van der Waals surface area contributed by atoms with E-state index >= 15 is 0 Å². The smallest absolute Gasteiger partial charge is 0.144 e. The number of nitrogen functional groups attached to an aromatic ring is 1. The molecule has 0 amide bonds. The number of aromatic nitrogens is 2. The van der Waals surface area contributed by atoms with Gasteiger partial charge >= 0.3 is 0 Å². The Hall–Kier alpha value is -1.36. The van der Waals surface area contributed by atoms with Crippen LogP contribution < -0.4 is 11.1 Å². The maximum absolute atomic E-state index is 5.41. The zero-order valence-electron chi connectivity index (χ0n) is 9.07. The largest absolute Gasteiger partial charge is 0.382 e. The quantitative estimate of drug-likeness (QED) is 0.663. The highest BCUT2D eigenvalue weighted by atomic mass is 16.5. The first-order chi connectivity index (χ1) is 7.33. The predicted octanol–water partition coefficient (Wildman–Crippen LogP) is 1.29. The van der Waals surface area contributed by atoms with E-state index in [2.05, 4.69) is 22.2 Å². The van der Waals surface area contributed by atoms with Gasteiger partial charge in [0.05, 0.1) is 12.4 Å². The normalized spacial score (nSPS) is 10.2. The molecule has 0 saturated carbocycles. The van der Waals surface area contributed by atoms with E-state index in [1.165, 1.54) is 6.20 Å². The number of hydrogen-bond donors (Lipinski definition) is 2. The van der Waals surface area contributed by atoms with E-state index in [1.54, 1.807) is 6.20 Å². The summed E-state index contributed by atoms with van der Waals surface area (Å²) in [6.45, 7) is 4.55. The number of ether oxygens (including phenoxy) is 1. The minimum Gasteiger partial charge on any atom is -0.382 e. The lowest BCUT2D eigenvalue weighted by Crippen LogP contribution is -2.07. The van der Waals surface area contributed by atoms with Crippen LogP contribution in [0.2, 0.25) is 0 Å². The lowest BCUT2D eigenvalue weighted by Gasteiger charge is -2.05. The van der Waals surface area contributed by atoms with E-state index in [0.29, 0.717) is 5.82 Å². The fourth-order valence-electron chi connectivity index (χ4n) is 1.07. The van der Waals surface area contributed by atoms with Crippen molar-refractivity contribution in [2.45, 2.75) is 19.8 Å². The van der Waals surface area contributed by atoms with Crippen LogP contribution in [0.5, 0.6) is 0 Å². The highest BCUT2D eigenvalue weighted by Crippen LogP contribution is 2.01. The Morgan fingerprint density at radius 1 is 1.33 bits per heavy atom. The van der Waals surface area contributed by atoms with Gasteiger partial charge in [0.15, 0.2) is 0 Å². The lowest BCUT2D eigenvalue weighted by molar-refractivity contribution is 0.134. The van der Waals surface area contributed by atoms with Crippen molar-refractivity contribution in [2.24, 2.45) is 0 Å². The van der Waals surface area contributed by atoms with Crippen LogP contribution >= 0.6 is 0 Å². The summed E-state index contributed by atoms with van der Waals surface area (Å²) in [5.74, 6) is 1.19. The number of nitrogens with zero attached hydrogens (tertiary/aromatic N) is 2. The molecule has 0 atom stereocenters. The standard InChI is InChI=1S/C10H18N4O/c1-2-5-15-6-3-4-12-10-8-13-9(11)7-14-10/h7-8H,2-6H2,1H3,(H2,11,13)(H,12,14). The molecule has 5 heteroatoms. The molecule has 0 bridgehead atoms. The summed E-state index contributed by atoms with van der Waals surface area (Å²) >= 11 is 0. The third-order valence-corrected chi connectivity index (χ3v) is 1.79. The highest BCUT2D eigenvalue weighted by Gasteiger charge is 1.93. The Balaban J connectivity index is 2.07. The molecule has 1 rings (SSSR count). The molecular weight excluding hydrogens is 192 g/mol. The average molecular weight is 210 g/mol. The van der Waals surface area contributed by atoms with Crippen molar-refractivity contribution in [3.05, 3.63) is 12.4 Å². The van der Waals surface area contributed by atoms with Crippen LogP contribution in [0.15, 0.2) is 12.4 Å². The number of nitrogens with two attached hydrogens (primary N) is 1. The summed E-state index contributed by atoms with van der Waals surface area (Å²) in [5.41, 5.74) is 5.41. The average Bonchev–Trinajstić information content (AvgIpc) is 2.26. The SMILES string of the molecule is CCCOCCCNc1cnc(N)cn1. The Labute approximate surface area is 90.1 Å². The van der Waals surface area contributed by atoms with E-state index in [9.17, 15) is 0 Å². The molecule has 84 valence electrons. The van der Waals surface area contributed by atoms with Crippen molar-refractivity contribution in [1.29, 1.82) is 0 Å². The molecule has 0 saturated heterocycles. The minimum atomic E-state index is 0.437. The molecule has 0 aliphatic heterocycles. The van der Waals surface area contributed by atoms with E-state index in [1.807, 2.05) is 0 Å². The summed E-state index contributed by atoms with van der Waals surface area (Å²) in [7, 11) is 0. The third kappa shape index (κ3) is 5.17. The van der Waals surface area contributed by atoms with Crippen molar-refractivity contribution in [1.82, 2.24) is 9.97 Å². The van der Waals surface area contributed by atoms with Gasteiger partial charge in [-0.1, -0.05) is 6.92 Å². The van der Waals surface area contributed by atoms with Crippen molar-refractivity contribution >= 4 is 11.6 Å². The Morgan fingerprint density at radius 2 is 2.20 bits per heavy atom. The zero-order valence-corrected chi connectivity index (χ0v) is 9.07. The molecule has 5 nitrogen and oxygen atoms in total. The van der Waals surface area contributed by atoms with Crippen LogP contribution in [0.25, 0.3) is 0 Å². The first-order valence-corrected chi connectivity index (χ1v) is 5.22.